The molecule has 2 rings (SSSR count). The Kier molecular flexibility index (Phi) is 4.84. The van der Waals surface area contributed by atoms with Crippen molar-refractivity contribution in [1.82, 2.24) is 15.3 Å². The van der Waals surface area contributed by atoms with Gasteiger partial charge in [-0.3, -0.25) is 4.98 Å². The number of hydrogen-bond acceptors (Lipinski definition) is 4. The molecule has 0 aliphatic carbocycles. The van der Waals surface area contributed by atoms with Crippen LogP contribution in [-0.2, 0) is 6.42 Å². The smallest absolute Gasteiger partial charge is 0.0897 e. The van der Waals surface area contributed by atoms with E-state index in [1.807, 2.05) is 24.7 Å². The molecule has 0 saturated carbocycles. The topological polar surface area (TPSA) is 37.8 Å². The van der Waals surface area contributed by atoms with Crippen LogP contribution in [0.5, 0.6) is 0 Å². The lowest BCUT2D eigenvalue weighted by molar-refractivity contribution is 0.535. The molecule has 0 bridgehead atoms. The third-order valence-electron chi connectivity index (χ3n) is 2.79. The van der Waals surface area contributed by atoms with Crippen LogP contribution in [0.2, 0.25) is 0 Å². The summed E-state index contributed by atoms with van der Waals surface area (Å²) < 4.78 is 0. The van der Waals surface area contributed by atoms with Gasteiger partial charge in [0.05, 0.1) is 5.01 Å². The van der Waals surface area contributed by atoms with Gasteiger partial charge in [-0.05, 0) is 37.9 Å². The van der Waals surface area contributed by atoms with E-state index in [4.69, 9.17) is 0 Å². The van der Waals surface area contributed by atoms with Gasteiger partial charge in [-0.25, -0.2) is 4.98 Å². The Balaban J connectivity index is 2.10. The fraction of sp³-hybridized carbons (Fsp3) is 0.429. The molecule has 3 nitrogen and oxygen atoms in total. The summed E-state index contributed by atoms with van der Waals surface area (Å²) in [7, 11) is 0. The van der Waals surface area contributed by atoms with Crippen molar-refractivity contribution in [2.75, 3.05) is 6.54 Å². The summed E-state index contributed by atoms with van der Waals surface area (Å²) in [6.07, 6.45) is 7.85. The fourth-order valence-corrected chi connectivity index (χ4v) is 2.75. The van der Waals surface area contributed by atoms with E-state index in [0.29, 0.717) is 6.04 Å². The number of thiazole rings is 1. The summed E-state index contributed by atoms with van der Waals surface area (Å²) in [5, 5.41) is 4.71. The molecular weight excluding hydrogens is 242 g/mol. The summed E-state index contributed by atoms with van der Waals surface area (Å²) in [5.74, 6) is 0. The van der Waals surface area contributed by atoms with Crippen LogP contribution in [0.1, 0.15) is 34.8 Å². The van der Waals surface area contributed by atoms with Crippen molar-refractivity contribution in [3.63, 3.8) is 0 Å². The van der Waals surface area contributed by atoms with Crippen molar-refractivity contribution in [1.29, 1.82) is 0 Å². The fourth-order valence-electron chi connectivity index (χ4n) is 1.89. The van der Waals surface area contributed by atoms with Crippen LogP contribution in [0.3, 0.4) is 0 Å². The minimum absolute atomic E-state index is 0.348. The normalized spacial score (nSPS) is 12.6. The minimum atomic E-state index is 0.348. The first-order valence-electron chi connectivity index (χ1n) is 6.34. The van der Waals surface area contributed by atoms with E-state index in [0.717, 1.165) is 24.4 Å². The van der Waals surface area contributed by atoms with Gasteiger partial charge in [0, 0.05) is 29.5 Å². The van der Waals surface area contributed by atoms with Crippen LogP contribution < -0.4 is 5.32 Å². The van der Waals surface area contributed by atoms with Gasteiger partial charge in [0.25, 0.3) is 0 Å². The number of nitrogens with zero attached hydrogens (tertiary/aromatic N) is 2. The second kappa shape index (κ2) is 6.61. The van der Waals surface area contributed by atoms with E-state index in [1.165, 1.54) is 10.4 Å². The van der Waals surface area contributed by atoms with E-state index >= 15 is 0 Å². The van der Waals surface area contributed by atoms with Gasteiger partial charge in [-0.2, -0.15) is 0 Å². The number of hydrogen-bond donors (Lipinski definition) is 1. The van der Waals surface area contributed by atoms with Crippen molar-refractivity contribution in [3.05, 3.63) is 46.2 Å². The Morgan fingerprint density at radius 2 is 2.28 bits per heavy atom. The largest absolute Gasteiger partial charge is 0.309 e. The lowest BCUT2D eigenvalue weighted by Gasteiger charge is -2.16. The number of nitrogens with one attached hydrogen (secondary N) is 1. The van der Waals surface area contributed by atoms with Crippen molar-refractivity contribution in [2.24, 2.45) is 0 Å². The Labute approximate surface area is 112 Å². The first-order valence-corrected chi connectivity index (χ1v) is 7.16. The molecule has 0 fully saturated rings. The van der Waals surface area contributed by atoms with E-state index < -0.39 is 0 Å². The number of aryl methyl sites for hydroxylation is 1. The van der Waals surface area contributed by atoms with Crippen LogP contribution in [0, 0.1) is 6.92 Å². The maximum atomic E-state index is 4.35. The quantitative estimate of drug-likeness (QED) is 0.868. The highest BCUT2D eigenvalue weighted by atomic mass is 32.1. The molecule has 1 unspecified atom stereocenters. The summed E-state index contributed by atoms with van der Waals surface area (Å²) in [6.45, 7) is 5.27. The van der Waals surface area contributed by atoms with Gasteiger partial charge >= 0.3 is 0 Å². The van der Waals surface area contributed by atoms with E-state index in [1.54, 1.807) is 11.3 Å². The van der Waals surface area contributed by atoms with Crippen molar-refractivity contribution < 1.29 is 0 Å². The minimum Gasteiger partial charge on any atom is -0.309 e. The summed E-state index contributed by atoms with van der Waals surface area (Å²) >= 11 is 1.77. The van der Waals surface area contributed by atoms with E-state index in [2.05, 4.69) is 35.2 Å². The Hall–Kier alpha value is -1.26. The standard InChI is InChI=1S/C14H19N3S/c1-3-6-16-13(14-10-17-11(2)18-14)8-12-5-4-7-15-9-12/h4-5,7,9-10,13,16H,3,6,8H2,1-2H3. The van der Waals surface area contributed by atoms with Crippen LogP contribution in [0.15, 0.2) is 30.7 Å². The van der Waals surface area contributed by atoms with Crippen LogP contribution in [-0.4, -0.2) is 16.5 Å². The molecule has 2 heterocycles. The molecule has 0 aliphatic rings. The summed E-state index contributed by atoms with van der Waals surface area (Å²) in [4.78, 5) is 9.84. The molecule has 1 atom stereocenters. The lowest BCUT2D eigenvalue weighted by Crippen LogP contribution is -2.23. The Morgan fingerprint density at radius 3 is 2.89 bits per heavy atom. The molecule has 0 saturated heterocycles. The second-order valence-corrected chi connectivity index (χ2v) is 5.62. The monoisotopic (exact) mass is 261 g/mol. The average Bonchev–Trinajstić information content (AvgIpc) is 2.82. The number of pyridine rings is 1. The zero-order valence-electron chi connectivity index (χ0n) is 10.9. The van der Waals surface area contributed by atoms with Gasteiger partial charge in [0.2, 0.25) is 0 Å². The number of aromatic nitrogens is 2. The SMILES string of the molecule is CCCNC(Cc1cccnc1)c1cnc(C)s1. The molecule has 0 spiro atoms. The van der Waals surface area contributed by atoms with Crippen molar-refractivity contribution >= 4 is 11.3 Å². The molecule has 18 heavy (non-hydrogen) atoms. The highest BCUT2D eigenvalue weighted by molar-refractivity contribution is 7.11. The molecular formula is C14H19N3S. The predicted molar refractivity (Wildman–Crippen MR) is 75.8 cm³/mol. The molecule has 0 radical (unpaired) electrons. The highest BCUT2D eigenvalue weighted by Gasteiger charge is 2.14. The van der Waals surface area contributed by atoms with Gasteiger partial charge < -0.3 is 5.32 Å². The third-order valence-corrected chi connectivity index (χ3v) is 3.81. The van der Waals surface area contributed by atoms with Crippen molar-refractivity contribution in [2.45, 2.75) is 32.7 Å². The summed E-state index contributed by atoms with van der Waals surface area (Å²) in [5.41, 5.74) is 1.26. The van der Waals surface area contributed by atoms with E-state index in [-0.39, 0.29) is 0 Å². The predicted octanol–water partition coefficient (Wildman–Crippen LogP) is 3.13. The zero-order chi connectivity index (χ0) is 12.8. The zero-order valence-corrected chi connectivity index (χ0v) is 11.7. The first-order chi connectivity index (χ1) is 8.79. The molecule has 2 aromatic rings. The highest BCUT2D eigenvalue weighted by Crippen LogP contribution is 2.23. The van der Waals surface area contributed by atoms with E-state index in [9.17, 15) is 0 Å². The third kappa shape index (κ3) is 3.62. The lowest BCUT2D eigenvalue weighted by atomic mass is 10.1. The molecule has 0 amide bonds. The van der Waals surface area contributed by atoms with Gasteiger partial charge in [0.15, 0.2) is 0 Å². The number of rotatable bonds is 6. The van der Waals surface area contributed by atoms with Crippen molar-refractivity contribution in [3.8, 4) is 0 Å². The first kappa shape index (κ1) is 13.2. The van der Waals surface area contributed by atoms with Gasteiger partial charge in [-0.15, -0.1) is 11.3 Å². The van der Waals surface area contributed by atoms with Gasteiger partial charge in [0.1, 0.15) is 0 Å². The Bertz CT molecular complexity index is 467. The maximum Gasteiger partial charge on any atom is 0.0897 e. The molecule has 0 aliphatic heterocycles. The second-order valence-electron chi connectivity index (χ2n) is 4.35. The summed E-state index contributed by atoms with van der Waals surface area (Å²) in [6, 6.07) is 4.46. The average molecular weight is 261 g/mol. The van der Waals surface area contributed by atoms with Crippen LogP contribution in [0.4, 0.5) is 0 Å². The molecule has 4 heteroatoms. The Morgan fingerprint density at radius 1 is 1.39 bits per heavy atom. The van der Waals surface area contributed by atoms with Crippen LogP contribution in [0.25, 0.3) is 0 Å². The molecule has 96 valence electrons. The molecule has 1 N–H and O–H groups in total. The maximum absolute atomic E-state index is 4.35. The van der Waals surface area contributed by atoms with Gasteiger partial charge in [-0.1, -0.05) is 13.0 Å². The molecule has 0 aromatic carbocycles. The molecule has 2 aromatic heterocycles. The van der Waals surface area contributed by atoms with Crippen LogP contribution >= 0.6 is 11.3 Å².